The number of aromatic nitrogens is 1. The largest absolute Gasteiger partial charge is 0.458 e. The van der Waals surface area contributed by atoms with Crippen molar-refractivity contribution in [1.82, 2.24) is 9.88 Å². The van der Waals surface area contributed by atoms with Crippen molar-refractivity contribution in [1.29, 1.82) is 0 Å². The van der Waals surface area contributed by atoms with Crippen molar-refractivity contribution in [3.8, 4) is 5.75 Å². The highest BCUT2D eigenvalue weighted by Crippen LogP contribution is 2.67. The number of Topliss-reactive ketones (excluding diaryl/α,β-unsaturated/α-hetero) is 2. The van der Waals surface area contributed by atoms with Gasteiger partial charge in [0.1, 0.15) is 36.3 Å². The zero-order valence-electron chi connectivity index (χ0n) is 43.6. The lowest BCUT2D eigenvalue weighted by atomic mass is 9.48. The first-order valence-corrected chi connectivity index (χ1v) is 26.5. The number of aliphatic hydroxyl groups is 2. The summed E-state index contributed by atoms with van der Waals surface area (Å²) in [5.74, 6) is -1.32. The van der Waals surface area contributed by atoms with Crippen LogP contribution in [0.1, 0.15) is 119 Å². The molecule has 1 aliphatic carbocycles. The third kappa shape index (κ3) is 7.93. The predicted molar refractivity (Wildman–Crippen MR) is 278 cm³/mol. The molecule has 1 saturated carbocycles. The average molecular weight is 1010 g/mol. The second kappa shape index (κ2) is 18.9. The highest BCUT2D eigenvalue weighted by Gasteiger charge is 2.79. The van der Waals surface area contributed by atoms with Gasteiger partial charge in [-0.3, -0.25) is 28.9 Å². The molecule has 3 N–H and O–H groups in total. The van der Waals surface area contributed by atoms with Crippen molar-refractivity contribution in [2.24, 2.45) is 16.4 Å². The minimum absolute atomic E-state index is 0.0613. The Kier molecular flexibility index (Phi) is 13.1. The number of hydrogen-bond donors (Lipinski definition) is 3. The lowest BCUT2D eigenvalue weighted by molar-refractivity contribution is -0.954. The van der Waals surface area contributed by atoms with Crippen molar-refractivity contribution in [2.75, 3.05) is 44.2 Å². The number of para-hydroxylation sites is 1. The Morgan fingerprint density at radius 1 is 0.986 bits per heavy atom. The molecular formula is C58H70N7O9+. The number of benzene rings is 3. The molecule has 16 heteroatoms. The lowest BCUT2D eigenvalue weighted by Crippen LogP contribution is -2.80. The Labute approximate surface area is 432 Å². The monoisotopic (exact) mass is 1010 g/mol. The number of H-pyrrole nitrogens is 1. The van der Waals surface area contributed by atoms with Crippen molar-refractivity contribution < 1.29 is 48.1 Å². The van der Waals surface area contributed by atoms with E-state index < -0.39 is 57.4 Å². The Morgan fingerprint density at radius 3 is 2.46 bits per heavy atom. The number of ether oxygens (including phenoxy) is 2. The summed E-state index contributed by atoms with van der Waals surface area (Å²) >= 11 is 0. The van der Waals surface area contributed by atoms with Crippen LogP contribution in [0.25, 0.3) is 21.3 Å². The van der Waals surface area contributed by atoms with Crippen LogP contribution in [-0.4, -0.2) is 123 Å². The quantitative estimate of drug-likeness (QED) is 0.0121. The Balaban J connectivity index is 1.10. The maximum Gasteiger partial charge on any atom is 0.311 e. The van der Waals surface area contributed by atoms with E-state index in [9.17, 15) is 29.4 Å². The topological polar surface area (TPSA) is 215 Å². The van der Waals surface area contributed by atoms with Crippen molar-refractivity contribution in [2.45, 2.75) is 146 Å². The minimum Gasteiger partial charge on any atom is -0.458 e. The van der Waals surface area contributed by atoms with Crippen LogP contribution in [0.3, 0.4) is 0 Å². The average Bonchev–Trinajstić information content (AvgIpc) is 4.03. The summed E-state index contributed by atoms with van der Waals surface area (Å²) in [4.78, 5) is 79.9. The first-order chi connectivity index (χ1) is 35.3. The van der Waals surface area contributed by atoms with Gasteiger partial charge in [-0.2, -0.15) is 0 Å². The number of azide groups is 1. The number of unbranched alkanes of at least 4 members (excludes halogenated alkanes) is 2. The van der Waals surface area contributed by atoms with Crippen LogP contribution < -0.4 is 9.64 Å². The maximum atomic E-state index is 15.6. The van der Waals surface area contributed by atoms with E-state index in [2.05, 4.69) is 38.1 Å². The first-order valence-electron chi connectivity index (χ1n) is 26.5. The fraction of sp³-hybridized carbons (Fsp3) is 0.534. The summed E-state index contributed by atoms with van der Waals surface area (Å²) in [5.41, 5.74) is 8.48. The summed E-state index contributed by atoms with van der Waals surface area (Å²) in [7, 11) is 0. The van der Waals surface area contributed by atoms with Crippen LogP contribution in [0.4, 0.5) is 5.69 Å². The molecule has 10 atom stereocenters. The van der Waals surface area contributed by atoms with E-state index in [4.69, 9.17) is 15.0 Å². The predicted octanol–water partition coefficient (Wildman–Crippen LogP) is 7.75. The highest BCUT2D eigenvalue weighted by molar-refractivity contribution is 5.98. The lowest BCUT2D eigenvalue weighted by Gasteiger charge is -2.62. The third-order valence-electron chi connectivity index (χ3n) is 18.5. The van der Waals surface area contributed by atoms with Gasteiger partial charge in [0, 0.05) is 88.4 Å². The number of esters is 2. The van der Waals surface area contributed by atoms with Gasteiger partial charge in [-0.15, -0.1) is 0 Å². The standard InChI is InChI=1S/C58H70N7O9/c1-7-55(71)30-41-31-57(37(3)67,45-29-46-48(28-36(45)2)64(35-66)52-56(46)23-26-63-25-13-22-54(6,51(56)63)53(73-39(5)69)58(52,72)38(4)68)50-44(43-14-10-11-15-47(43)61-50)21-27-65(33-41,34-55)32-40-17-19-42(20-18-40)74-49(70)16-9-8-12-24-60-62-59/h10-11,13-15,17-20,22,28-29,35,41,51-53,61,71-72H,7-9,12,16,21,23-27,30-34H2,1-6H3/q+1/t41-,51-,52-,53-,54-,55+,56-,57+,58+,65+/m1/s1. The van der Waals surface area contributed by atoms with Gasteiger partial charge >= 0.3 is 11.9 Å². The SMILES string of the molecule is CC[C@]1(O)C[C@@H]2C[C@](C(C)=O)(c3cc4c(cc3C)N(C=O)[C@H]3[C@@](O)(C(C)=O)[C@H](OC(C)=O)[C@]5(C)C=CCN6CC[C@]43[C@H]65)c3[nH]c4ccccc4c3CC[N@+](Cc3ccc(OC(=O)CCCCCN=[N+]=[N-])cc3)(C2)C1. The molecule has 3 fully saturated rings. The van der Waals surface area contributed by atoms with Gasteiger partial charge in [0.05, 0.1) is 24.5 Å². The van der Waals surface area contributed by atoms with Gasteiger partial charge in [0.15, 0.2) is 11.4 Å². The van der Waals surface area contributed by atoms with Crippen LogP contribution in [0.15, 0.2) is 77.9 Å². The van der Waals surface area contributed by atoms with Crippen molar-refractivity contribution in [3.63, 3.8) is 0 Å². The number of ketones is 2. The zero-order valence-corrected chi connectivity index (χ0v) is 43.6. The van der Waals surface area contributed by atoms with Gasteiger partial charge < -0.3 is 34.1 Å². The second-order valence-corrected chi connectivity index (χ2v) is 23.0. The molecule has 16 nitrogen and oxygen atoms in total. The number of hydrogen-bond acceptors (Lipinski definition) is 11. The number of piperidine rings is 1. The molecule has 0 unspecified atom stereocenters. The van der Waals surface area contributed by atoms with Gasteiger partial charge in [0.2, 0.25) is 6.41 Å². The molecule has 1 aromatic heterocycles. The summed E-state index contributed by atoms with van der Waals surface area (Å²) in [6.45, 7) is 14.3. The molecule has 5 aliphatic heterocycles. The fourth-order valence-corrected chi connectivity index (χ4v) is 15.8. The Hall–Kier alpha value is -6.16. The number of carbonyl (C=O) groups is 5. The van der Waals surface area contributed by atoms with Crippen LogP contribution in [-0.2, 0) is 52.5 Å². The van der Waals surface area contributed by atoms with E-state index in [1.54, 1.807) is 6.92 Å². The molecule has 6 aliphatic rings. The summed E-state index contributed by atoms with van der Waals surface area (Å²) < 4.78 is 12.4. The Bertz CT molecular complexity index is 3020. The first kappa shape index (κ1) is 51.3. The van der Waals surface area contributed by atoms with E-state index in [0.717, 1.165) is 50.8 Å². The number of fused-ring (bicyclic) bond motifs is 6. The van der Waals surface area contributed by atoms with Crippen LogP contribution in [0, 0.1) is 18.3 Å². The number of amides is 1. The number of rotatable bonds is 15. The molecule has 3 aromatic carbocycles. The molecule has 74 heavy (non-hydrogen) atoms. The normalized spacial score (nSPS) is 32.7. The summed E-state index contributed by atoms with van der Waals surface area (Å²) in [5, 5.41) is 30.6. The zero-order chi connectivity index (χ0) is 52.6. The van der Waals surface area contributed by atoms with Gasteiger partial charge in [-0.25, -0.2) is 0 Å². The molecule has 4 aromatic rings. The van der Waals surface area contributed by atoms with Gasteiger partial charge in [-0.05, 0) is 130 Å². The molecule has 2 bridgehead atoms. The third-order valence-corrected chi connectivity index (χ3v) is 18.5. The number of carbonyl (C=O) groups excluding carboxylic acids is 5. The Morgan fingerprint density at radius 2 is 1.76 bits per heavy atom. The summed E-state index contributed by atoms with van der Waals surface area (Å²) in [6, 6.07) is 18.4. The van der Waals surface area contributed by atoms with Crippen molar-refractivity contribution in [3.05, 3.63) is 117 Å². The van der Waals surface area contributed by atoms with E-state index >= 15 is 4.79 Å². The summed E-state index contributed by atoms with van der Waals surface area (Å²) in [6.07, 6.45) is 8.20. The van der Waals surface area contributed by atoms with Gasteiger partial charge in [-0.1, -0.05) is 61.8 Å². The van der Waals surface area contributed by atoms with E-state index in [-0.39, 0.29) is 24.1 Å². The molecule has 10 rings (SSSR count). The van der Waals surface area contributed by atoms with E-state index in [1.165, 1.54) is 18.7 Å². The van der Waals surface area contributed by atoms with Crippen molar-refractivity contribution >= 4 is 46.5 Å². The molecule has 1 spiro atoms. The molecule has 390 valence electrons. The fourth-order valence-electron chi connectivity index (χ4n) is 15.8. The van der Waals surface area contributed by atoms with Crippen LogP contribution >= 0.6 is 0 Å². The number of quaternary nitrogens is 1. The number of nitrogens with one attached hydrogen (secondary N) is 1. The second-order valence-electron chi connectivity index (χ2n) is 23.0. The maximum absolute atomic E-state index is 15.6. The van der Waals surface area contributed by atoms with E-state index in [0.29, 0.717) is 113 Å². The van der Waals surface area contributed by atoms with E-state index in [1.807, 2.05) is 75.4 Å². The molecule has 6 heterocycles. The molecular weight excluding hydrogens is 939 g/mol. The van der Waals surface area contributed by atoms with Gasteiger partial charge in [0.25, 0.3) is 0 Å². The molecule has 0 radical (unpaired) electrons. The molecule has 1 amide bonds. The van der Waals surface area contributed by atoms with Crippen LogP contribution in [0.2, 0.25) is 0 Å². The minimum atomic E-state index is -2.31. The number of nitrogens with zero attached hydrogens (tertiary/aromatic N) is 6. The van der Waals surface area contributed by atoms with Crippen LogP contribution in [0.5, 0.6) is 5.75 Å². The molecule has 2 saturated heterocycles. The number of aryl methyl sites for hydroxylation is 1. The number of aromatic amines is 1. The smallest absolute Gasteiger partial charge is 0.311 e. The number of anilines is 1. The highest BCUT2D eigenvalue weighted by atomic mass is 16.6.